The minimum atomic E-state index is -1.10. The summed E-state index contributed by atoms with van der Waals surface area (Å²) < 4.78 is 0. The van der Waals surface area contributed by atoms with Crippen molar-refractivity contribution in [1.82, 2.24) is 0 Å². The van der Waals surface area contributed by atoms with Crippen molar-refractivity contribution in [2.24, 2.45) is 11.7 Å². The Morgan fingerprint density at radius 2 is 2.00 bits per heavy atom. The Morgan fingerprint density at radius 1 is 1.50 bits per heavy atom. The topological polar surface area (TPSA) is 80.4 Å². The van der Waals surface area contributed by atoms with Gasteiger partial charge in [0.25, 0.3) is 0 Å². The fourth-order valence-corrected chi connectivity index (χ4v) is 0.876. The van der Waals surface area contributed by atoms with Gasteiger partial charge in [0.2, 0.25) is 0 Å². The van der Waals surface area contributed by atoms with Gasteiger partial charge >= 0.3 is 5.97 Å². The van der Waals surface area contributed by atoms with Gasteiger partial charge in [0.1, 0.15) is 11.8 Å². The lowest BCUT2D eigenvalue weighted by Crippen LogP contribution is -2.32. The fourth-order valence-electron chi connectivity index (χ4n) is 0.876. The summed E-state index contributed by atoms with van der Waals surface area (Å²) >= 11 is 0. The van der Waals surface area contributed by atoms with Gasteiger partial charge in [0.15, 0.2) is 0 Å². The predicted octanol–water partition coefficient (Wildman–Crippen LogP) is 0.189. The molecule has 12 heavy (non-hydrogen) atoms. The molecule has 0 aliphatic heterocycles. The van der Waals surface area contributed by atoms with Gasteiger partial charge < -0.3 is 10.8 Å². The first-order valence-electron chi connectivity index (χ1n) is 3.62. The summed E-state index contributed by atoms with van der Waals surface area (Å²) in [5.41, 5.74) is 5.16. The smallest absolute Gasteiger partial charge is 0.320 e. The molecule has 4 nitrogen and oxygen atoms in total. The number of halogens is 1. The van der Waals surface area contributed by atoms with Crippen molar-refractivity contribution in [2.75, 3.05) is 0 Å². The summed E-state index contributed by atoms with van der Waals surface area (Å²) in [4.78, 5) is 21.2. The normalized spacial score (nSPS) is 17.8. The van der Waals surface area contributed by atoms with Gasteiger partial charge in [-0.2, -0.15) is 0 Å². The molecule has 1 unspecified atom stereocenters. The highest BCUT2D eigenvalue weighted by atomic mass is 35.5. The van der Waals surface area contributed by atoms with Gasteiger partial charge in [-0.15, -0.1) is 12.4 Å². The molecule has 0 bridgehead atoms. The zero-order valence-corrected chi connectivity index (χ0v) is 7.34. The largest absolute Gasteiger partial charge is 0.480 e. The predicted molar refractivity (Wildman–Crippen MR) is 45.2 cm³/mol. The first-order valence-corrected chi connectivity index (χ1v) is 3.62. The molecule has 5 heteroatoms. The zero-order chi connectivity index (χ0) is 8.43. The summed E-state index contributed by atoms with van der Waals surface area (Å²) in [6, 6.07) is -1.01. The van der Waals surface area contributed by atoms with E-state index in [1.54, 1.807) is 0 Å². The number of hydrogen-bond donors (Lipinski definition) is 2. The van der Waals surface area contributed by atoms with E-state index in [9.17, 15) is 9.59 Å². The molecule has 0 aromatic heterocycles. The van der Waals surface area contributed by atoms with Crippen LogP contribution in [0.1, 0.15) is 19.3 Å². The lowest BCUT2D eigenvalue weighted by Gasteiger charge is -2.02. The third-order valence-corrected chi connectivity index (χ3v) is 1.77. The Morgan fingerprint density at radius 3 is 2.33 bits per heavy atom. The molecule has 3 N–H and O–H groups in total. The van der Waals surface area contributed by atoms with Crippen LogP contribution in [0.4, 0.5) is 0 Å². The number of carbonyl (C=O) groups excluding carboxylic acids is 1. The molecule has 0 saturated heterocycles. The van der Waals surface area contributed by atoms with E-state index in [0.29, 0.717) is 0 Å². The molecule has 0 radical (unpaired) electrons. The molecular weight excluding hydrogens is 182 g/mol. The summed E-state index contributed by atoms with van der Waals surface area (Å²) in [5.74, 6) is -0.987. The SMILES string of the molecule is Cl.NC(CC(=O)C1CC1)C(=O)O. The second kappa shape index (κ2) is 4.42. The first-order chi connectivity index (χ1) is 5.11. The summed E-state index contributed by atoms with van der Waals surface area (Å²) in [6.45, 7) is 0. The highest BCUT2D eigenvalue weighted by molar-refractivity contribution is 5.88. The number of nitrogens with two attached hydrogens (primary N) is 1. The number of rotatable bonds is 4. The molecule has 0 spiro atoms. The van der Waals surface area contributed by atoms with Crippen molar-refractivity contribution in [3.05, 3.63) is 0 Å². The highest BCUT2D eigenvalue weighted by Crippen LogP contribution is 2.30. The average Bonchev–Trinajstić information content (AvgIpc) is 2.67. The zero-order valence-electron chi connectivity index (χ0n) is 6.53. The van der Waals surface area contributed by atoms with Gasteiger partial charge in [-0.25, -0.2) is 0 Å². The van der Waals surface area contributed by atoms with E-state index < -0.39 is 12.0 Å². The standard InChI is InChI=1S/C7H11NO3.ClH/c8-5(7(10)11)3-6(9)4-1-2-4;/h4-5H,1-3,8H2,(H,10,11);1H. The molecule has 1 aliphatic carbocycles. The Labute approximate surface area is 76.5 Å². The van der Waals surface area contributed by atoms with Crippen LogP contribution in [0.25, 0.3) is 0 Å². The fraction of sp³-hybridized carbons (Fsp3) is 0.714. The summed E-state index contributed by atoms with van der Waals surface area (Å²) in [6.07, 6.45) is 1.80. The number of hydrogen-bond acceptors (Lipinski definition) is 3. The van der Waals surface area contributed by atoms with Crippen LogP contribution in [0, 0.1) is 5.92 Å². The maximum absolute atomic E-state index is 11.0. The molecule has 1 fully saturated rings. The molecule has 1 saturated carbocycles. The van der Waals surface area contributed by atoms with Crippen molar-refractivity contribution in [1.29, 1.82) is 0 Å². The molecule has 0 aromatic rings. The quantitative estimate of drug-likeness (QED) is 0.668. The van der Waals surface area contributed by atoms with E-state index in [2.05, 4.69) is 0 Å². The van der Waals surface area contributed by atoms with Crippen LogP contribution in [-0.4, -0.2) is 22.9 Å². The number of carboxylic acid groups (broad SMARTS) is 1. The molecule has 70 valence electrons. The van der Waals surface area contributed by atoms with Crippen molar-refractivity contribution in [2.45, 2.75) is 25.3 Å². The van der Waals surface area contributed by atoms with E-state index in [-0.39, 0.29) is 30.5 Å². The van der Waals surface area contributed by atoms with Crippen molar-refractivity contribution < 1.29 is 14.7 Å². The molecule has 0 amide bonds. The maximum atomic E-state index is 11.0. The van der Waals surface area contributed by atoms with E-state index in [4.69, 9.17) is 10.8 Å². The van der Waals surface area contributed by atoms with Crippen LogP contribution in [0.2, 0.25) is 0 Å². The minimum Gasteiger partial charge on any atom is -0.480 e. The van der Waals surface area contributed by atoms with Crippen LogP contribution in [0.5, 0.6) is 0 Å². The molecule has 0 aromatic carbocycles. The summed E-state index contributed by atoms with van der Waals surface area (Å²) in [5, 5.41) is 8.36. The van der Waals surface area contributed by atoms with E-state index in [0.717, 1.165) is 12.8 Å². The number of carbonyl (C=O) groups is 2. The monoisotopic (exact) mass is 193 g/mol. The Kier molecular flexibility index (Phi) is 4.20. The molecule has 0 heterocycles. The molecule has 1 atom stereocenters. The molecule has 1 rings (SSSR count). The van der Waals surface area contributed by atoms with Gasteiger partial charge in [-0.1, -0.05) is 0 Å². The van der Waals surface area contributed by atoms with Crippen LogP contribution in [-0.2, 0) is 9.59 Å². The van der Waals surface area contributed by atoms with Crippen LogP contribution >= 0.6 is 12.4 Å². The second-order valence-corrected chi connectivity index (χ2v) is 2.89. The van der Waals surface area contributed by atoms with Crippen molar-refractivity contribution >= 4 is 24.2 Å². The van der Waals surface area contributed by atoms with Gasteiger partial charge in [0, 0.05) is 12.3 Å². The molecular formula is C7H12ClNO3. The lowest BCUT2D eigenvalue weighted by atomic mass is 10.1. The van der Waals surface area contributed by atoms with E-state index in [1.807, 2.05) is 0 Å². The third-order valence-electron chi connectivity index (χ3n) is 1.77. The van der Waals surface area contributed by atoms with Crippen LogP contribution in [0.3, 0.4) is 0 Å². The number of Topliss-reactive ketones (excluding diaryl/α,β-unsaturated/α-hetero) is 1. The molecule has 1 aliphatic rings. The maximum Gasteiger partial charge on any atom is 0.320 e. The third kappa shape index (κ3) is 3.19. The Bertz CT molecular complexity index is 191. The first kappa shape index (κ1) is 11.4. The van der Waals surface area contributed by atoms with Crippen molar-refractivity contribution in [3.63, 3.8) is 0 Å². The van der Waals surface area contributed by atoms with Gasteiger partial charge in [0.05, 0.1) is 0 Å². The van der Waals surface area contributed by atoms with E-state index in [1.165, 1.54) is 0 Å². The second-order valence-electron chi connectivity index (χ2n) is 2.89. The lowest BCUT2D eigenvalue weighted by molar-refractivity contribution is -0.140. The average molecular weight is 194 g/mol. The van der Waals surface area contributed by atoms with Gasteiger partial charge in [-0.3, -0.25) is 9.59 Å². The Hall–Kier alpha value is -0.610. The number of ketones is 1. The van der Waals surface area contributed by atoms with Gasteiger partial charge in [-0.05, 0) is 12.8 Å². The van der Waals surface area contributed by atoms with Crippen LogP contribution < -0.4 is 5.73 Å². The highest BCUT2D eigenvalue weighted by Gasteiger charge is 2.31. The Balaban J connectivity index is 0.00000121. The number of carboxylic acids is 1. The van der Waals surface area contributed by atoms with Crippen LogP contribution in [0.15, 0.2) is 0 Å². The van der Waals surface area contributed by atoms with E-state index >= 15 is 0 Å². The number of aliphatic carboxylic acids is 1. The summed E-state index contributed by atoms with van der Waals surface area (Å²) in [7, 11) is 0. The van der Waals surface area contributed by atoms with Crippen molar-refractivity contribution in [3.8, 4) is 0 Å². The minimum absolute atomic E-state index is 0.